The van der Waals surface area contributed by atoms with Crippen LogP contribution in [0.1, 0.15) is 34.6 Å². The molecule has 0 aliphatic carbocycles. The number of nitrogens with one attached hydrogen (secondary N) is 1. The predicted octanol–water partition coefficient (Wildman–Crippen LogP) is 2.46. The normalized spacial score (nSPS) is 11.9. The molecule has 2 rings (SSSR count). The van der Waals surface area contributed by atoms with E-state index in [1.54, 1.807) is 18.3 Å². The maximum absolute atomic E-state index is 12.1. The summed E-state index contributed by atoms with van der Waals surface area (Å²) in [7, 11) is 0. The number of carbonyl (C=O) groups is 1. The van der Waals surface area contributed by atoms with Crippen LogP contribution in [0.4, 0.5) is 5.69 Å². The van der Waals surface area contributed by atoms with Crippen molar-refractivity contribution in [2.45, 2.75) is 19.9 Å². The van der Waals surface area contributed by atoms with Gasteiger partial charge in [-0.2, -0.15) is 0 Å². The Kier molecular flexibility index (Phi) is 3.80. The molecule has 0 aliphatic rings. The summed E-state index contributed by atoms with van der Waals surface area (Å²) < 4.78 is 0. The van der Waals surface area contributed by atoms with Crippen LogP contribution in [0.2, 0.25) is 0 Å². The van der Waals surface area contributed by atoms with Gasteiger partial charge in [-0.3, -0.25) is 9.78 Å². The van der Waals surface area contributed by atoms with Gasteiger partial charge < -0.3 is 11.1 Å². The smallest absolute Gasteiger partial charge is 0.253 e. The van der Waals surface area contributed by atoms with Gasteiger partial charge in [0.2, 0.25) is 0 Å². The van der Waals surface area contributed by atoms with Gasteiger partial charge in [0.1, 0.15) is 0 Å². The van der Waals surface area contributed by atoms with Gasteiger partial charge in [-0.15, -0.1) is 0 Å². The molecule has 0 radical (unpaired) electrons. The molecule has 1 atom stereocenters. The molecule has 1 heterocycles. The highest BCUT2D eigenvalue weighted by molar-refractivity contribution is 5.95. The van der Waals surface area contributed by atoms with Crippen LogP contribution in [0.3, 0.4) is 0 Å². The van der Waals surface area contributed by atoms with E-state index in [0.717, 1.165) is 11.3 Å². The van der Waals surface area contributed by atoms with Gasteiger partial charge in [0.25, 0.3) is 5.91 Å². The fourth-order valence-corrected chi connectivity index (χ4v) is 1.87. The second-order valence-electron chi connectivity index (χ2n) is 4.50. The number of aromatic nitrogens is 1. The highest BCUT2D eigenvalue weighted by Gasteiger charge is 2.13. The van der Waals surface area contributed by atoms with Gasteiger partial charge in [-0.05, 0) is 43.7 Å². The number of benzene rings is 1. The number of nitrogens with zero attached hydrogens (tertiary/aromatic N) is 1. The first kappa shape index (κ1) is 13.1. The third-order valence-electron chi connectivity index (χ3n) is 3.04. The number of pyridine rings is 1. The van der Waals surface area contributed by atoms with Crippen LogP contribution < -0.4 is 11.1 Å². The van der Waals surface area contributed by atoms with Crippen molar-refractivity contribution in [3.05, 3.63) is 59.4 Å². The lowest BCUT2D eigenvalue weighted by atomic mass is 10.1. The zero-order valence-electron chi connectivity index (χ0n) is 11.1. The van der Waals surface area contributed by atoms with Gasteiger partial charge in [0, 0.05) is 17.6 Å². The largest absolute Gasteiger partial charge is 0.399 e. The van der Waals surface area contributed by atoms with E-state index in [0.29, 0.717) is 11.3 Å². The van der Waals surface area contributed by atoms with E-state index in [9.17, 15) is 4.79 Å². The Labute approximate surface area is 112 Å². The minimum atomic E-state index is -0.116. The molecule has 0 spiro atoms. The lowest BCUT2D eigenvalue weighted by Crippen LogP contribution is -2.27. The van der Waals surface area contributed by atoms with Crippen LogP contribution in [0.25, 0.3) is 0 Å². The Morgan fingerprint density at radius 2 is 1.95 bits per heavy atom. The van der Waals surface area contributed by atoms with Crippen molar-refractivity contribution in [3.8, 4) is 0 Å². The molecule has 1 aromatic carbocycles. The molecule has 98 valence electrons. The van der Waals surface area contributed by atoms with Crippen LogP contribution in [0.15, 0.2) is 42.6 Å². The Hall–Kier alpha value is -2.36. The molecule has 4 heteroatoms. The van der Waals surface area contributed by atoms with Crippen molar-refractivity contribution in [1.82, 2.24) is 10.3 Å². The first-order valence-corrected chi connectivity index (χ1v) is 6.16. The highest BCUT2D eigenvalue weighted by atomic mass is 16.1. The summed E-state index contributed by atoms with van der Waals surface area (Å²) in [4.78, 5) is 16.3. The summed E-state index contributed by atoms with van der Waals surface area (Å²) >= 11 is 0. The summed E-state index contributed by atoms with van der Waals surface area (Å²) in [6, 6.07) is 10.9. The van der Waals surface area contributed by atoms with E-state index in [2.05, 4.69) is 10.3 Å². The zero-order valence-corrected chi connectivity index (χ0v) is 11.1. The summed E-state index contributed by atoms with van der Waals surface area (Å²) in [6.07, 6.45) is 1.68. The quantitative estimate of drug-likeness (QED) is 0.828. The van der Waals surface area contributed by atoms with Crippen molar-refractivity contribution < 1.29 is 4.79 Å². The molecule has 2 aromatic rings. The molecule has 19 heavy (non-hydrogen) atoms. The van der Waals surface area contributed by atoms with Gasteiger partial charge in [0.15, 0.2) is 0 Å². The summed E-state index contributed by atoms with van der Waals surface area (Å²) in [5.41, 5.74) is 8.70. The Morgan fingerprint density at radius 1 is 1.26 bits per heavy atom. The fraction of sp³-hybridized carbons (Fsp3) is 0.200. The van der Waals surface area contributed by atoms with Gasteiger partial charge in [-0.25, -0.2) is 0 Å². The number of nitrogens with two attached hydrogens (primary N) is 1. The van der Waals surface area contributed by atoms with E-state index in [1.165, 1.54) is 0 Å². The minimum Gasteiger partial charge on any atom is -0.399 e. The van der Waals surface area contributed by atoms with E-state index in [1.807, 2.05) is 38.1 Å². The Bertz CT molecular complexity index is 578. The molecule has 3 N–H and O–H groups in total. The van der Waals surface area contributed by atoms with Gasteiger partial charge >= 0.3 is 0 Å². The monoisotopic (exact) mass is 255 g/mol. The standard InChI is InChI=1S/C15H17N3O/c1-10(12-5-7-13(16)8-6-12)18-15(19)14-4-3-9-17-11(14)2/h3-10H,16H2,1-2H3,(H,18,19). The fourth-order valence-electron chi connectivity index (χ4n) is 1.87. The molecule has 0 fully saturated rings. The first-order chi connectivity index (χ1) is 9.08. The third-order valence-corrected chi connectivity index (χ3v) is 3.04. The lowest BCUT2D eigenvalue weighted by Gasteiger charge is -2.15. The Balaban J connectivity index is 2.11. The topological polar surface area (TPSA) is 68.0 Å². The minimum absolute atomic E-state index is 0.0762. The summed E-state index contributed by atoms with van der Waals surface area (Å²) in [5, 5.41) is 2.95. The highest BCUT2D eigenvalue weighted by Crippen LogP contribution is 2.15. The second kappa shape index (κ2) is 5.52. The number of hydrogen-bond acceptors (Lipinski definition) is 3. The van der Waals surface area contributed by atoms with Crippen LogP contribution in [-0.2, 0) is 0 Å². The number of rotatable bonds is 3. The van der Waals surface area contributed by atoms with Gasteiger partial charge in [-0.1, -0.05) is 12.1 Å². The van der Waals surface area contributed by atoms with Crippen molar-refractivity contribution in [2.24, 2.45) is 0 Å². The molecule has 1 amide bonds. The third kappa shape index (κ3) is 3.10. The van der Waals surface area contributed by atoms with Crippen molar-refractivity contribution >= 4 is 11.6 Å². The number of aryl methyl sites for hydroxylation is 1. The van der Waals surface area contributed by atoms with Crippen LogP contribution >= 0.6 is 0 Å². The predicted molar refractivity (Wildman–Crippen MR) is 75.7 cm³/mol. The molecular formula is C15H17N3O. The second-order valence-corrected chi connectivity index (χ2v) is 4.50. The van der Waals surface area contributed by atoms with E-state index in [4.69, 9.17) is 5.73 Å². The molecule has 1 aromatic heterocycles. The van der Waals surface area contributed by atoms with E-state index in [-0.39, 0.29) is 11.9 Å². The maximum Gasteiger partial charge on any atom is 0.253 e. The van der Waals surface area contributed by atoms with Crippen LogP contribution in [0, 0.1) is 6.92 Å². The molecule has 1 unspecified atom stereocenters. The molecule has 0 saturated carbocycles. The molecule has 0 aliphatic heterocycles. The number of carbonyl (C=O) groups excluding carboxylic acids is 1. The number of anilines is 1. The average Bonchev–Trinajstić information content (AvgIpc) is 2.39. The van der Waals surface area contributed by atoms with Crippen molar-refractivity contribution in [1.29, 1.82) is 0 Å². The van der Waals surface area contributed by atoms with Crippen LogP contribution in [0.5, 0.6) is 0 Å². The van der Waals surface area contributed by atoms with Crippen LogP contribution in [-0.4, -0.2) is 10.9 Å². The summed E-state index contributed by atoms with van der Waals surface area (Å²) in [6.45, 7) is 3.76. The van der Waals surface area contributed by atoms with Crippen molar-refractivity contribution in [2.75, 3.05) is 5.73 Å². The average molecular weight is 255 g/mol. The lowest BCUT2D eigenvalue weighted by molar-refractivity contribution is 0.0939. The van der Waals surface area contributed by atoms with Crippen molar-refractivity contribution in [3.63, 3.8) is 0 Å². The first-order valence-electron chi connectivity index (χ1n) is 6.16. The Morgan fingerprint density at radius 3 is 2.58 bits per heavy atom. The number of hydrogen-bond donors (Lipinski definition) is 2. The number of nitrogen functional groups attached to an aromatic ring is 1. The zero-order chi connectivity index (χ0) is 13.8. The molecule has 0 bridgehead atoms. The number of amides is 1. The molecule has 0 saturated heterocycles. The van der Waals surface area contributed by atoms with Gasteiger partial charge in [0.05, 0.1) is 11.6 Å². The SMILES string of the molecule is Cc1ncccc1C(=O)NC(C)c1ccc(N)cc1. The summed E-state index contributed by atoms with van der Waals surface area (Å²) in [5.74, 6) is -0.116. The molecule has 4 nitrogen and oxygen atoms in total. The van der Waals surface area contributed by atoms with E-state index >= 15 is 0 Å². The van der Waals surface area contributed by atoms with E-state index < -0.39 is 0 Å². The molecular weight excluding hydrogens is 238 g/mol. The maximum atomic E-state index is 12.1.